The highest BCUT2D eigenvalue weighted by molar-refractivity contribution is 7.21. The van der Waals surface area contributed by atoms with E-state index in [9.17, 15) is 9.59 Å². The third-order valence-corrected chi connectivity index (χ3v) is 5.59. The molecule has 1 aliphatic rings. The Balaban J connectivity index is 1.97. The van der Waals surface area contributed by atoms with E-state index in [2.05, 4.69) is 5.32 Å². The van der Waals surface area contributed by atoms with Crippen molar-refractivity contribution in [1.29, 1.82) is 0 Å². The van der Waals surface area contributed by atoms with Crippen molar-refractivity contribution >= 4 is 39.1 Å². The fourth-order valence-corrected chi connectivity index (χ4v) is 4.27. The molecular weight excluding hydrogens is 340 g/mol. The molecule has 7 nitrogen and oxygen atoms in total. The minimum absolute atomic E-state index is 0.0224. The zero-order valence-corrected chi connectivity index (χ0v) is 15.2. The number of rotatable bonds is 4. The van der Waals surface area contributed by atoms with Gasteiger partial charge in [0.2, 0.25) is 5.91 Å². The highest BCUT2D eigenvalue weighted by Gasteiger charge is 2.29. The fraction of sp³-hybridized carbons (Fsp3) is 0.471. The van der Waals surface area contributed by atoms with Crippen LogP contribution in [0.1, 0.15) is 40.7 Å². The molecule has 0 radical (unpaired) electrons. The number of piperidine rings is 1. The van der Waals surface area contributed by atoms with Crippen LogP contribution in [0.5, 0.6) is 0 Å². The van der Waals surface area contributed by atoms with E-state index in [4.69, 9.17) is 15.5 Å². The van der Waals surface area contributed by atoms with Crippen molar-refractivity contribution < 1.29 is 14.3 Å². The van der Waals surface area contributed by atoms with Gasteiger partial charge in [0, 0.05) is 26.1 Å². The number of aromatic nitrogens is 1. The maximum atomic E-state index is 12.3. The van der Waals surface area contributed by atoms with Crippen LogP contribution < -0.4 is 11.1 Å². The number of nitrogens with one attached hydrogen (secondary N) is 1. The van der Waals surface area contributed by atoms with E-state index < -0.39 is 0 Å². The number of nitrogens with zero attached hydrogens (tertiary/aromatic N) is 2. The summed E-state index contributed by atoms with van der Waals surface area (Å²) >= 11 is 1.28. The lowest BCUT2D eigenvalue weighted by molar-refractivity contribution is -0.139. The molecule has 0 spiro atoms. The van der Waals surface area contributed by atoms with E-state index in [1.54, 1.807) is 7.05 Å². The molecule has 1 atom stereocenters. The maximum Gasteiger partial charge on any atom is 0.263 e. The largest absolute Gasteiger partial charge is 0.397 e. The number of anilines is 1. The van der Waals surface area contributed by atoms with Crippen LogP contribution in [-0.2, 0) is 9.53 Å². The number of nitrogen functional groups attached to an aromatic ring is 1. The highest BCUT2D eigenvalue weighted by Crippen LogP contribution is 2.36. The molecule has 134 valence electrons. The predicted octanol–water partition coefficient (Wildman–Crippen LogP) is 1.94. The molecule has 2 aromatic rings. The average Bonchev–Trinajstić information content (AvgIpc) is 2.97. The highest BCUT2D eigenvalue weighted by atomic mass is 32.1. The van der Waals surface area contributed by atoms with Gasteiger partial charge in [0.25, 0.3) is 5.91 Å². The quantitative estimate of drug-likeness (QED) is 0.866. The van der Waals surface area contributed by atoms with Crippen molar-refractivity contribution in [2.24, 2.45) is 0 Å². The summed E-state index contributed by atoms with van der Waals surface area (Å²) in [7, 11) is 3.10. The second kappa shape index (κ2) is 7.37. The first-order valence-corrected chi connectivity index (χ1v) is 9.07. The summed E-state index contributed by atoms with van der Waals surface area (Å²) in [6.07, 6.45) is 2.91. The molecule has 1 aliphatic heterocycles. The number of hydrogen-bond acceptors (Lipinski definition) is 6. The number of carbonyl (C=O) groups excluding carboxylic acids is 2. The molecule has 0 aliphatic carbocycles. The van der Waals surface area contributed by atoms with Gasteiger partial charge in [-0.1, -0.05) is 0 Å². The summed E-state index contributed by atoms with van der Waals surface area (Å²) in [5.74, 6) is -0.234. The summed E-state index contributed by atoms with van der Waals surface area (Å²) in [5, 5.41) is 3.37. The Kier molecular flexibility index (Phi) is 5.19. The molecule has 1 saturated heterocycles. The molecule has 3 N–H and O–H groups in total. The van der Waals surface area contributed by atoms with Gasteiger partial charge in [0.15, 0.2) is 0 Å². The molecule has 0 unspecified atom stereocenters. The number of fused-ring (bicyclic) bond motifs is 1. The number of methoxy groups -OCH3 is 1. The van der Waals surface area contributed by atoms with Crippen molar-refractivity contribution in [3.63, 3.8) is 0 Å². The zero-order valence-electron chi connectivity index (χ0n) is 14.4. The summed E-state index contributed by atoms with van der Waals surface area (Å²) in [4.78, 5) is 32.0. The lowest BCUT2D eigenvalue weighted by Gasteiger charge is -2.35. The number of nitrogens with two attached hydrogens (primary N) is 1. The van der Waals surface area contributed by atoms with Crippen molar-refractivity contribution in [2.45, 2.75) is 25.3 Å². The molecule has 1 fully saturated rings. The minimum Gasteiger partial charge on any atom is -0.397 e. The van der Waals surface area contributed by atoms with Crippen molar-refractivity contribution in [2.75, 3.05) is 33.0 Å². The normalized spacial score (nSPS) is 17.7. The van der Waals surface area contributed by atoms with E-state index in [1.807, 2.05) is 17.0 Å². The van der Waals surface area contributed by atoms with E-state index in [0.717, 1.165) is 35.2 Å². The SMILES string of the molecule is CNC(=O)c1sc2nc([C@@H]3CCCCN3C(=O)COC)ccc2c1N. The number of amides is 2. The lowest BCUT2D eigenvalue weighted by atomic mass is 9.98. The van der Waals surface area contributed by atoms with E-state index in [-0.39, 0.29) is 24.5 Å². The molecule has 0 aromatic carbocycles. The number of pyridine rings is 1. The molecule has 25 heavy (non-hydrogen) atoms. The average molecular weight is 362 g/mol. The Morgan fingerprint density at radius 1 is 1.44 bits per heavy atom. The first kappa shape index (κ1) is 17.6. The zero-order chi connectivity index (χ0) is 18.0. The van der Waals surface area contributed by atoms with Gasteiger partial charge in [0.05, 0.1) is 17.4 Å². The van der Waals surface area contributed by atoms with Crippen LogP contribution >= 0.6 is 11.3 Å². The monoisotopic (exact) mass is 362 g/mol. The summed E-state index contributed by atoms with van der Waals surface area (Å²) in [6.45, 7) is 0.786. The molecule has 3 heterocycles. The maximum absolute atomic E-state index is 12.3. The molecular formula is C17H22N4O3S. The smallest absolute Gasteiger partial charge is 0.263 e. The van der Waals surface area contributed by atoms with Crippen molar-refractivity contribution in [3.05, 3.63) is 22.7 Å². The second-order valence-electron chi connectivity index (χ2n) is 6.04. The van der Waals surface area contributed by atoms with Gasteiger partial charge < -0.3 is 20.7 Å². The molecule has 0 bridgehead atoms. The third kappa shape index (κ3) is 3.32. The number of hydrogen-bond donors (Lipinski definition) is 2. The molecule has 3 rings (SSSR count). The van der Waals surface area contributed by atoms with Crippen molar-refractivity contribution in [3.8, 4) is 0 Å². The number of thiophene rings is 1. The van der Waals surface area contributed by atoms with Gasteiger partial charge in [-0.15, -0.1) is 11.3 Å². The topological polar surface area (TPSA) is 97.5 Å². The minimum atomic E-state index is -0.211. The van der Waals surface area contributed by atoms with Crippen LogP contribution in [0.2, 0.25) is 0 Å². The Morgan fingerprint density at radius 2 is 2.24 bits per heavy atom. The Labute approximate surface area is 150 Å². The predicted molar refractivity (Wildman–Crippen MR) is 97.6 cm³/mol. The second-order valence-corrected chi connectivity index (χ2v) is 7.04. The summed E-state index contributed by atoms with van der Waals surface area (Å²) in [6, 6.07) is 3.73. The Hall–Kier alpha value is -2.19. The van der Waals surface area contributed by atoms with E-state index in [0.29, 0.717) is 17.1 Å². The Bertz CT molecular complexity index is 805. The van der Waals surface area contributed by atoms with E-state index >= 15 is 0 Å². The van der Waals surface area contributed by atoms with Crippen LogP contribution in [0.4, 0.5) is 5.69 Å². The molecule has 2 amide bonds. The fourth-order valence-electron chi connectivity index (χ4n) is 3.22. The van der Waals surface area contributed by atoms with Crippen LogP contribution in [0.25, 0.3) is 10.2 Å². The van der Waals surface area contributed by atoms with Crippen LogP contribution in [-0.4, -0.2) is 49.0 Å². The third-order valence-electron chi connectivity index (χ3n) is 4.48. The standard InChI is InChI=1S/C17H22N4O3S/c1-19-16(23)15-14(18)10-6-7-11(20-17(10)25-15)12-5-3-4-8-21(12)13(22)9-24-2/h6-7,12H,3-5,8-9,18H2,1-2H3,(H,19,23)/t12-/m0/s1. The lowest BCUT2D eigenvalue weighted by Crippen LogP contribution is -2.40. The summed E-state index contributed by atoms with van der Waals surface area (Å²) in [5.41, 5.74) is 7.38. The van der Waals surface area contributed by atoms with Gasteiger partial charge in [-0.05, 0) is 31.4 Å². The van der Waals surface area contributed by atoms with Gasteiger partial charge in [-0.25, -0.2) is 4.98 Å². The number of ether oxygens (including phenoxy) is 1. The first-order chi connectivity index (χ1) is 12.1. The molecule has 0 saturated carbocycles. The number of likely N-dealkylation sites (tertiary alicyclic amines) is 1. The molecule has 2 aromatic heterocycles. The van der Waals surface area contributed by atoms with Gasteiger partial charge in [-0.2, -0.15) is 0 Å². The van der Waals surface area contributed by atoms with E-state index in [1.165, 1.54) is 18.4 Å². The van der Waals surface area contributed by atoms with Gasteiger partial charge >= 0.3 is 0 Å². The van der Waals surface area contributed by atoms with Gasteiger partial charge in [0.1, 0.15) is 16.3 Å². The van der Waals surface area contributed by atoms with Crippen LogP contribution in [0.15, 0.2) is 12.1 Å². The molecule has 8 heteroatoms. The van der Waals surface area contributed by atoms with Crippen LogP contribution in [0.3, 0.4) is 0 Å². The summed E-state index contributed by atoms with van der Waals surface area (Å²) < 4.78 is 5.00. The van der Waals surface area contributed by atoms with Gasteiger partial charge in [-0.3, -0.25) is 9.59 Å². The first-order valence-electron chi connectivity index (χ1n) is 8.26. The number of carbonyl (C=O) groups is 2. The van der Waals surface area contributed by atoms with Crippen molar-refractivity contribution in [1.82, 2.24) is 15.2 Å². The Morgan fingerprint density at radius 3 is 2.96 bits per heavy atom. The van der Waals surface area contributed by atoms with Crippen LogP contribution in [0, 0.1) is 0 Å².